The monoisotopic (exact) mass is 382 g/mol. The number of fused-ring (bicyclic) bond motifs is 2. The molecule has 142 valence electrons. The normalized spacial score (nSPS) is 11.7. The quantitative estimate of drug-likeness (QED) is 0.216. The molecule has 0 bridgehead atoms. The summed E-state index contributed by atoms with van der Waals surface area (Å²) >= 11 is 0. The van der Waals surface area contributed by atoms with Crippen molar-refractivity contribution in [3.63, 3.8) is 0 Å². The third-order valence-corrected chi connectivity index (χ3v) is 5.38. The van der Waals surface area contributed by atoms with Crippen LogP contribution < -0.4 is 0 Å². The predicted molar refractivity (Wildman–Crippen MR) is 132 cm³/mol. The van der Waals surface area contributed by atoms with Crippen LogP contribution in [0.3, 0.4) is 0 Å². The van der Waals surface area contributed by atoms with Crippen molar-refractivity contribution >= 4 is 45.8 Å². The van der Waals surface area contributed by atoms with Crippen LogP contribution in [0.1, 0.15) is 22.3 Å². The van der Waals surface area contributed by atoms with Crippen molar-refractivity contribution in [2.75, 3.05) is 0 Å². The molecule has 0 saturated heterocycles. The third-order valence-electron chi connectivity index (χ3n) is 5.38. The highest BCUT2D eigenvalue weighted by atomic mass is 14.0. The van der Waals surface area contributed by atoms with Crippen LogP contribution in [0.4, 0.5) is 0 Å². The Kier molecular flexibility index (Phi) is 4.98. The van der Waals surface area contributed by atoms with E-state index in [2.05, 4.69) is 121 Å². The van der Waals surface area contributed by atoms with Gasteiger partial charge in [-0.2, -0.15) is 0 Å². The molecule has 0 spiro atoms. The summed E-state index contributed by atoms with van der Waals surface area (Å²) in [6.07, 6.45) is 8.67. The van der Waals surface area contributed by atoms with Gasteiger partial charge in [-0.1, -0.05) is 109 Å². The van der Waals surface area contributed by atoms with Gasteiger partial charge in [0.15, 0.2) is 0 Å². The van der Waals surface area contributed by atoms with Crippen LogP contribution in [-0.2, 0) is 0 Å². The molecule has 0 fully saturated rings. The first-order valence-corrected chi connectivity index (χ1v) is 10.3. The van der Waals surface area contributed by atoms with Crippen molar-refractivity contribution < 1.29 is 0 Å². The molecule has 0 radical (unpaired) electrons. The maximum absolute atomic E-state index is 2.29. The lowest BCUT2D eigenvalue weighted by Crippen LogP contribution is -1.80. The zero-order valence-electron chi connectivity index (χ0n) is 16.7. The number of hydrogen-bond acceptors (Lipinski definition) is 0. The standard InChI is InChI=1S/C30H22/c1-3-7-23(8-4-1)11-13-25-15-17-27-22-30-20-26(14-12-24-9-5-2-6-10-24)16-18-28(30)21-29(27)19-25/h1-22H. The van der Waals surface area contributed by atoms with Crippen molar-refractivity contribution in [3.8, 4) is 0 Å². The Labute approximate surface area is 177 Å². The summed E-state index contributed by atoms with van der Waals surface area (Å²) in [7, 11) is 0. The van der Waals surface area contributed by atoms with Gasteiger partial charge >= 0.3 is 0 Å². The SMILES string of the molecule is C(=Cc1ccc2cc3cc(C=Cc4ccccc4)ccc3cc2c1)c1ccccc1. The Balaban J connectivity index is 1.45. The minimum absolute atomic E-state index is 1.21. The summed E-state index contributed by atoms with van der Waals surface area (Å²) in [5, 5.41) is 5.07. The van der Waals surface area contributed by atoms with Crippen molar-refractivity contribution in [1.29, 1.82) is 0 Å². The molecule has 0 nitrogen and oxygen atoms in total. The molecule has 0 N–H and O–H groups in total. The van der Waals surface area contributed by atoms with Crippen molar-refractivity contribution in [1.82, 2.24) is 0 Å². The van der Waals surface area contributed by atoms with E-state index in [4.69, 9.17) is 0 Å². The third kappa shape index (κ3) is 4.09. The highest BCUT2D eigenvalue weighted by Crippen LogP contribution is 2.26. The Bertz CT molecular complexity index is 1250. The van der Waals surface area contributed by atoms with Crippen molar-refractivity contribution in [3.05, 3.63) is 131 Å². The van der Waals surface area contributed by atoms with Gasteiger partial charge in [0.05, 0.1) is 0 Å². The van der Waals surface area contributed by atoms with Crippen molar-refractivity contribution in [2.24, 2.45) is 0 Å². The van der Waals surface area contributed by atoms with Gasteiger partial charge < -0.3 is 0 Å². The average molecular weight is 383 g/mol. The van der Waals surface area contributed by atoms with Crippen LogP contribution in [0, 0.1) is 0 Å². The predicted octanol–water partition coefficient (Wildman–Crippen LogP) is 8.33. The van der Waals surface area contributed by atoms with E-state index in [-0.39, 0.29) is 0 Å². The molecular formula is C30H22. The van der Waals surface area contributed by atoms with E-state index in [1.807, 2.05) is 12.1 Å². The fourth-order valence-corrected chi connectivity index (χ4v) is 3.75. The number of benzene rings is 5. The second-order valence-electron chi connectivity index (χ2n) is 7.55. The summed E-state index contributed by atoms with van der Waals surface area (Å²) in [5.41, 5.74) is 4.86. The van der Waals surface area contributed by atoms with E-state index in [1.165, 1.54) is 43.8 Å². The molecule has 0 heterocycles. The lowest BCUT2D eigenvalue weighted by molar-refractivity contribution is 1.66. The largest absolute Gasteiger partial charge is 0.0622 e. The Morgan fingerprint density at radius 1 is 0.300 bits per heavy atom. The van der Waals surface area contributed by atoms with Gasteiger partial charge in [0.2, 0.25) is 0 Å². The van der Waals surface area contributed by atoms with E-state index < -0.39 is 0 Å². The van der Waals surface area contributed by atoms with Crippen LogP contribution in [0.15, 0.2) is 109 Å². The van der Waals surface area contributed by atoms with Crippen LogP contribution in [-0.4, -0.2) is 0 Å². The van der Waals surface area contributed by atoms with E-state index >= 15 is 0 Å². The molecular weight excluding hydrogens is 360 g/mol. The molecule has 5 aromatic carbocycles. The van der Waals surface area contributed by atoms with Crippen LogP contribution in [0.2, 0.25) is 0 Å². The zero-order chi connectivity index (χ0) is 20.2. The molecule has 0 aliphatic carbocycles. The highest BCUT2D eigenvalue weighted by molar-refractivity contribution is 6.00. The lowest BCUT2D eigenvalue weighted by Gasteiger charge is -2.05. The maximum Gasteiger partial charge on any atom is -0.0172 e. The van der Waals surface area contributed by atoms with Gasteiger partial charge in [0.25, 0.3) is 0 Å². The van der Waals surface area contributed by atoms with E-state index in [1.54, 1.807) is 0 Å². The van der Waals surface area contributed by atoms with Crippen molar-refractivity contribution in [2.45, 2.75) is 0 Å². The molecule has 0 heteroatoms. The van der Waals surface area contributed by atoms with Gasteiger partial charge in [0, 0.05) is 0 Å². The van der Waals surface area contributed by atoms with Gasteiger partial charge in [-0.05, 0) is 68.1 Å². The average Bonchev–Trinajstić information content (AvgIpc) is 2.81. The van der Waals surface area contributed by atoms with E-state index in [9.17, 15) is 0 Å². The maximum atomic E-state index is 2.29. The van der Waals surface area contributed by atoms with Crippen LogP contribution in [0.5, 0.6) is 0 Å². The van der Waals surface area contributed by atoms with Crippen LogP contribution in [0.25, 0.3) is 45.8 Å². The first kappa shape index (κ1) is 18.1. The Morgan fingerprint density at radius 3 is 1.13 bits per heavy atom. The van der Waals surface area contributed by atoms with E-state index in [0.717, 1.165) is 0 Å². The minimum Gasteiger partial charge on any atom is -0.0622 e. The van der Waals surface area contributed by atoms with E-state index in [0.29, 0.717) is 0 Å². The molecule has 0 atom stereocenters. The summed E-state index contributed by atoms with van der Waals surface area (Å²) in [5.74, 6) is 0. The van der Waals surface area contributed by atoms with Gasteiger partial charge in [-0.15, -0.1) is 0 Å². The fourth-order valence-electron chi connectivity index (χ4n) is 3.75. The summed E-state index contributed by atoms with van der Waals surface area (Å²) in [6, 6.07) is 38.7. The summed E-state index contributed by atoms with van der Waals surface area (Å²) in [6.45, 7) is 0. The van der Waals surface area contributed by atoms with Gasteiger partial charge in [0.1, 0.15) is 0 Å². The molecule has 5 rings (SSSR count). The molecule has 0 aliphatic rings. The molecule has 30 heavy (non-hydrogen) atoms. The zero-order valence-corrected chi connectivity index (χ0v) is 16.7. The lowest BCUT2D eigenvalue weighted by atomic mass is 9.99. The molecule has 0 unspecified atom stereocenters. The molecule has 0 amide bonds. The minimum atomic E-state index is 1.21. The first-order valence-electron chi connectivity index (χ1n) is 10.3. The molecule has 0 aliphatic heterocycles. The van der Waals surface area contributed by atoms with Crippen LogP contribution >= 0.6 is 0 Å². The summed E-state index contributed by atoms with van der Waals surface area (Å²) in [4.78, 5) is 0. The first-order chi connectivity index (χ1) is 14.8. The Morgan fingerprint density at radius 2 is 0.700 bits per heavy atom. The topological polar surface area (TPSA) is 0 Å². The summed E-state index contributed by atoms with van der Waals surface area (Å²) < 4.78 is 0. The molecule has 0 saturated carbocycles. The second kappa shape index (κ2) is 8.23. The number of rotatable bonds is 4. The second-order valence-corrected chi connectivity index (χ2v) is 7.55. The molecule has 5 aromatic rings. The number of hydrogen-bond donors (Lipinski definition) is 0. The fraction of sp³-hybridized carbons (Fsp3) is 0. The van der Waals surface area contributed by atoms with Gasteiger partial charge in [-0.25, -0.2) is 0 Å². The highest BCUT2D eigenvalue weighted by Gasteiger charge is 2.00. The van der Waals surface area contributed by atoms with Gasteiger partial charge in [-0.3, -0.25) is 0 Å². The Hall–Kier alpha value is -3.90. The molecule has 0 aromatic heterocycles. The smallest absolute Gasteiger partial charge is 0.0172 e.